The Hall–Kier alpha value is -2.60. The molecule has 0 bridgehead atoms. The van der Waals surface area contributed by atoms with Gasteiger partial charge in [-0.1, -0.05) is 12.1 Å². The first-order valence-electron chi connectivity index (χ1n) is 8.22. The molecule has 0 radical (unpaired) electrons. The van der Waals surface area contributed by atoms with Gasteiger partial charge in [-0.15, -0.1) is 0 Å². The standard InChI is InChI=1S/C18H20N4O2/c23-18-13-24-16-5-4-14(11-15(16)20-18)12-21-7-9-22(10-8-21)17-3-1-2-6-19-17/h1-6,11H,7-10,12-13H2,(H,20,23). The van der Waals surface area contributed by atoms with E-state index < -0.39 is 0 Å². The molecule has 24 heavy (non-hydrogen) atoms. The Morgan fingerprint density at radius 2 is 2.00 bits per heavy atom. The van der Waals surface area contributed by atoms with E-state index in [1.54, 1.807) is 0 Å². The van der Waals surface area contributed by atoms with Crippen LogP contribution in [0.2, 0.25) is 0 Å². The molecule has 1 saturated heterocycles. The summed E-state index contributed by atoms with van der Waals surface area (Å²) >= 11 is 0. The molecule has 2 aromatic rings. The number of pyridine rings is 1. The second kappa shape index (κ2) is 6.49. The number of nitrogens with zero attached hydrogens (tertiary/aromatic N) is 3. The number of carbonyl (C=O) groups is 1. The minimum atomic E-state index is -0.0939. The van der Waals surface area contributed by atoms with Crippen molar-refractivity contribution < 1.29 is 9.53 Å². The topological polar surface area (TPSA) is 57.7 Å². The Balaban J connectivity index is 1.37. The molecule has 0 aliphatic carbocycles. The van der Waals surface area contributed by atoms with E-state index in [2.05, 4.69) is 32.2 Å². The molecule has 0 unspecified atom stereocenters. The lowest BCUT2D eigenvalue weighted by Gasteiger charge is -2.35. The van der Waals surface area contributed by atoms with Crippen LogP contribution < -0.4 is 15.0 Å². The number of piperazine rings is 1. The molecule has 4 rings (SSSR count). The van der Waals surface area contributed by atoms with Crippen molar-refractivity contribution in [2.45, 2.75) is 6.54 Å². The van der Waals surface area contributed by atoms with Gasteiger partial charge in [-0.05, 0) is 29.8 Å². The summed E-state index contributed by atoms with van der Waals surface area (Å²) in [4.78, 5) is 20.6. The second-order valence-electron chi connectivity index (χ2n) is 6.12. The Morgan fingerprint density at radius 3 is 2.79 bits per heavy atom. The third-order valence-electron chi connectivity index (χ3n) is 4.43. The van der Waals surface area contributed by atoms with Gasteiger partial charge in [-0.2, -0.15) is 0 Å². The highest BCUT2D eigenvalue weighted by Gasteiger charge is 2.20. The molecule has 0 saturated carbocycles. The van der Waals surface area contributed by atoms with Gasteiger partial charge < -0.3 is 15.0 Å². The molecule has 1 N–H and O–H groups in total. The van der Waals surface area contributed by atoms with Gasteiger partial charge in [0.15, 0.2) is 6.61 Å². The van der Waals surface area contributed by atoms with Gasteiger partial charge in [-0.25, -0.2) is 4.98 Å². The molecule has 1 aromatic heterocycles. The van der Waals surface area contributed by atoms with Gasteiger partial charge in [0.2, 0.25) is 0 Å². The third-order valence-corrected chi connectivity index (χ3v) is 4.43. The fraction of sp³-hybridized carbons (Fsp3) is 0.333. The molecule has 2 aliphatic heterocycles. The fourth-order valence-electron chi connectivity index (χ4n) is 3.16. The largest absolute Gasteiger partial charge is 0.482 e. The number of aromatic nitrogens is 1. The first-order chi connectivity index (χ1) is 11.8. The predicted octanol–water partition coefficient (Wildman–Crippen LogP) is 1.73. The predicted molar refractivity (Wildman–Crippen MR) is 92.3 cm³/mol. The van der Waals surface area contributed by atoms with E-state index in [1.165, 1.54) is 5.56 Å². The van der Waals surface area contributed by atoms with Crippen LogP contribution >= 0.6 is 0 Å². The van der Waals surface area contributed by atoms with Crippen LogP contribution in [0.3, 0.4) is 0 Å². The first-order valence-corrected chi connectivity index (χ1v) is 8.22. The Labute approximate surface area is 141 Å². The average Bonchev–Trinajstić information content (AvgIpc) is 2.63. The maximum atomic E-state index is 11.4. The summed E-state index contributed by atoms with van der Waals surface area (Å²) in [7, 11) is 0. The summed E-state index contributed by atoms with van der Waals surface area (Å²) in [6.45, 7) is 4.91. The zero-order valence-corrected chi connectivity index (χ0v) is 13.4. The molecule has 6 heteroatoms. The van der Waals surface area contributed by atoms with E-state index in [0.717, 1.165) is 50.0 Å². The normalized spacial score (nSPS) is 17.8. The number of rotatable bonds is 3. The van der Waals surface area contributed by atoms with Crippen molar-refractivity contribution in [3.63, 3.8) is 0 Å². The smallest absolute Gasteiger partial charge is 0.262 e. The molecule has 124 valence electrons. The van der Waals surface area contributed by atoms with E-state index in [0.29, 0.717) is 0 Å². The number of carbonyl (C=O) groups excluding carboxylic acids is 1. The molecule has 1 fully saturated rings. The highest BCUT2D eigenvalue weighted by atomic mass is 16.5. The van der Waals surface area contributed by atoms with Crippen LogP contribution in [0.15, 0.2) is 42.6 Å². The van der Waals surface area contributed by atoms with E-state index in [9.17, 15) is 4.79 Å². The minimum absolute atomic E-state index is 0.0939. The number of fused-ring (bicyclic) bond motifs is 1. The lowest BCUT2D eigenvalue weighted by molar-refractivity contribution is -0.118. The van der Waals surface area contributed by atoms with Crippen LogP contribution in [0.5, 0.6) is 5.75 Å². The fourth-order valence-corrected chi connectivity index (χ4v) is 3.16. The van der Waals surface area contributed by atoms with Crippen molar-refractivity contribution in [2.75, 3.05) is 43.0 Å². The zero-order chi connectivity index (χ0) is 16.4. The van der Waals surface area contributed by atoms with Crippen molar-refractivity contribution in [1.29, 1.82) is 0 Å². The zero-order valence-electron chi connectivity index (χ0n) is 13.4. The van der Waals surface area contributed by atoms with Crippen LogP contribution in [0.1, 0.15) is 5.56 Å². The molecular formula is C18H20N4O2. The number of hydrogen-bond donors (Lipinski definition) is 1. The van der Waals surface area contributed by atoms with Crippen molar-refractivity contribution in [3.8, 4) is 5.75 Å². The lowest BCUT2D eigenvalue weighted by Crippen LogP contribution is -2.46. The lowest BCUT2D eigenvalue weighted by atomic mass is 10.1. The number of ether oxygens (including phenoxy) is 1. The summed E-state index contributed by atoms with van der Waals surface area (Å²) in [5.41, 5.74) is 1.96. The van der Waals surface area contributed by atoms with Gasteiger partial charge >= 0.3 is 0 Å². The van der Waals surface area contributed by atoms with Crippen molar-refractivity contribution in [2.24, 2.45) is 0 Å². The van der Waals surface area contributed by atoms with Gasteiger partial charge in [0.05, 0.1) is 5.69 Å². The number of nitrogens with one attached hydrogen (secondary N) is 1. The minimum Gasteiger partial charge on any atom is -0.482 e. The molecule has 6 nitrogen and oxygen atoms in total. The molecule has 1 amide bonds. The highest BCUT2D eigenvalue weighted by molar-refractivity contribution is 5.95. The molecule has 3 heterocycles. The first kappa shape index (κ1) is 15.0. The van der Waals surface area contributed by atoms with E-state index >= 15 is 0 Å². The van der Waals surface area contributed by atoms with E-state index in [4.69, 9.17) is 4.74 Å². The maximum absolute atomic E-state index is 11.4. The van der Waals surface area contributed by atoms with Gasteiger partial charge in [0.1, 0.15) is 11.6 Å². The van der Waals surface area contributed by atoms with E-state index in [1.807, 2.05) is 30.5 Å². The molecule has 2 aliphatic rings. The maximum Gasteiger partial charge on any atom is 0.262 e. The SMILES string of the molecule is O=C1COc2ccc(CN3CCN(c4ccccn4)CC3)cc2N1. The van der Waals surface area contributed by atoms with Crippen LogP contribution in [-0.2, 0) is 11.3 Å². The van der Waals surface area contributed by atoms with Crippen LogP contribution in [0.25, 0.3) is 0 Å². The number of anilines is 2. The quantitative estimate of drug-likeness (QED) is 0.932. The summed E-state index contributed by atoms with van der Waals surface area (Å²) in [5.74, 6) is 1.70. The molecule has 1 aromatic carbocycles. The third kappa shape index (κ3) is 3.19. The molecule has 0 spiro atoms. The van der Waals surface area contributed by atoms with E-state index in [-0.39, 0.29) is 12.5 Å². The van der Waals surface area contributed by atoms with Crippen molar-refractivity contribution in [3.05, 3.63) is 48.2 Å². The number of hydrogen-bond acceptors (Lipinski definition) is 5. The Morgan fingerprint density at radius 1 is 1.12 bits per heavy atom. The Bertz CT molecular complexity index is 727. The van der Waals surface area contributed by atoms with Crippen LogP contribution in [0.4, 0.5) is 11.5 Å². The summed E-state index contributed by atoms with van der Waals surface area (Å²) in [6.07, 6.45) is 1.84. The second-order valence-corrected chi connectivity index (χ2v) is 6.12. The molecule has 0 atom stereocenters. The Kier molecular flexibility index (Phi) is 4.04. The monoisotopic (exact) mass is 324 g/mol. The number of benzene rings is 1. The van der Waals surface area contributed by atoms with Gasteiger partial charge in [0.25, 0.3) is 5.91 Å². The van der Waals surface area contributed by atoms with Gasteiger partial charge in [-0.3, -0.25) is 9.69 Å². The summed E-state index contributed by atoms with van der Waals surface area (Å²) in [6, 6.07) is 12.0. The van der Waals surface area contributed by atoms with Crippen LogP contribution in [0, 0.1) is 0 Å². The van der Waals surface area contributed by atoms with Crippen molar-refractivity contribution in [1.82, 2.24) is 9.88 Å². The summed E-state index contributed by atoms with van der Waals surface area (Å²) < 4.78 is 5.40. The highest BCUT2D eigenvalue weighted by Crippen LogP contribution is 2.29. The van der Waals surface area contributed by atoms with Crippen LogP contribution in [-0.4, -0.2) is 48.6 Å². The van der Waals surface area contributed by atoms with Gasteiger partial charge in [0, 0.05) is 38.9 Å². The molecular weight excluding hydrogens is 304 g/mol. The number of amides is 1. The average molecular weight is 324 g/mol. The summed E-state index contributed by atoms with van der Waals surface area (Å²) in [5, 5.41) is 2.87. The van der Waals surface area contributed by atoms with Crippen molar-refractivity contribution >= 4 is 17.4 Å².